The van der Waals surface area contributed by atoms with Crippen molar-refractivity contribution >= 4 is 45.6 Å². The number of anilines is 2. The molecule has 3 rings (SSSR count). The standard InChI is InChI=1S/C17H23FN4O3S2/c1-20(2)16(26)19-10-13-11-22(17(23)25-13)12-3-4-15(14(18)9-12)21-5-7-27(24)8-6-21/h3-4,9,13H,5-8,10-11H2,1-2H3,(H,19,26). The van der Waals surface area contributed by atoms with Gasteiger partial charge in [0.15, 0.2) is 5.11 Å². The highest BCUT2D eigenvalue weighted by Gasteiger charge is 2.33. The van der Waals surface area contributed by atoms with Crippen molar-refractivity contribution in [1.29, 1.82) is 0 Å². The van der Waals surface area contributed by atoms with Gasteiger partial charge in [-0.3, -0.25) is 9.11 Å². The first-order chi connectivity index (χ1) is 12.8. The number of benzene rings is 1. The molecule has 0 radical (unpaired) electrons. The van der Waals surface area contributed by atoms with Gasteiger partial charge in [0.2, 0.25) is 0 Å². The van der Waals surface area contributed by atoms with Crippen molar-refractivity contribution in [2.75, 3.05) is 61.6 Å². The van der Waals surface area contributed by atoms with Gasteiger partial charge in [-0.05, 0) is 30.4 Å². The third-order valence-electron chi connectivity index (χ3n) is 4.52. The highest BCUT2D eigenvalue weighted by atomic mass is 32.2. The molecule has 10 heteroatoms. The number of nitrogens with one attached hydrogen (secondary N) is 1. The van der Waals surface area contributed by atoms with E-state index in [4.69, 9.17) is 17.0 Å². The van der Waals surface area contributed by atoms with E-state index < -0.39 is 22.7 Å². The molecular formula is C17H23FN4O3S2. The smallest absolute Gasteiger partial charge is 0.414 e. The maximum absolute atomic E-state index is 14.6. The molecule has 0 spiro atoms. The topological polar surface area (TPSA) is 65.1 Å². The predicted octanol–water partition coefficient (Wildman–Crippen LogP) is 1.16. The van der Waals surface area contributed by atoms with Crippen LogP contribution in [0.1, 0.15) is 0 Å². The van der Waals surface area contributed by atoms with Crippen molar-refractivity contribution in [3.8, 4) is 0 Å². The molecular weight excluding hydrogens is 391 g/mol. The van der Waals surface area contributed by atoms with Gasteiger partial charge in [-0.15, -0.1) is 0 Å². The van der Waals surface area contributed by atoms with Crippen LogP contribution in [0, 0.1) is 5.82 Å². The van der Waals surface area contributed by atoms with Crippen LogP contribution in [0.4, 0.5) is 20.6 Å². The molecule has 0 bridgehead atoms. The molecule has 1 atom stereocenters. The quantitative estimate of drug-likeness (QED) is 0.742. The maximum Gasteiger partial charge on any atom is 0.414 e. The Kier molecular flexibility index (Phi) is 6.15. The van der Waals surface area contributed by atoms with Gasteiger partial charge >= 0.3 is 6.09 Å². The summed E-state index contributed by atoms with van der Waals surface area (Å²) in [5.41, 5.74) is 0.928. The molecule has 2 heterocycles. The van der Waals surface area contributed by atoms with Crippen LogP contribution in [-0.2, 0) is 15.5 Å². The fourth-order valence-corrected chi connectivity index (χ4v) is 4.13. The van der Waals surface area contributed by atoms with E-state index in [-0.39, 0.29) is 6.10 Å². The number of carbonyl (C=O) groups is 1. The zero-order chi connectivity index (χ0) is 19.6. The number of cyclic esters (lactones) is 1. The lowest BCUT2D eigenvalue weighted by Crippen LogP contribution is -2.40. The molecule has 1 aromatic rings. The Morgan fingerprint density at radius 1 is 1.41 bits per heavy atom. The number of halogens is 1. The number of amides is 1. The van der Waals surface area contributed by atoms with E-state index in [1.54, 1.807) is 17.0 Å². The zero-order valence-corrected chi connectivity index (χ0v) is 16.9. The monoisotopic (exact) mass is 414 g/mol. The van der Waals surface area contributed by atoms with E-state index in [1.165, 1.54) is 11.0 Å². The molecule has 1 N–H and O–H groups in total. The van der Waals surface area contributed by atoms with Crippen LogP contribution in [0.25, 0.3) is 0 Å². The molecule has 2 aliphatic heterocycles. The molecule has 7 nitrogen and oxygen atoms in total. The lowest BCUT2D eigenvalue weighted by molar-refractivity contribution is 0.142. The summed E-state index contributed by atoms with van der Waals surface area (Å²) in [5, 5.41) is 3.59. The number of hydrogen-bond donors (Lipinski definition) is 1. The summed E-state index contributed by atoms with van der Waals surface area (Å²) in [6.45, 7) is 1.84. The summed E-state index contributed by atoms with van der Waals surface area (Å²) < 4.78 is 31.4. The number of hydrogen-bond acceptors (Lipinski definition) is 5. The van der Waals surface area contributed by atoms with Gasteiger partial charge in [0, 0.05) is 49.5 Å². The van der Waals surface area contributed by atoms with Crippen LogP contribution in [0.3, 0.4) is 0 Å². The van der Waals surface area contributed by atoms with Crippen molar-refractivity contribution in [3.05, 3.63) is 24.0 Å². The summed E-state index contributed by atoms with van der Waals surface area (Å²) in [5.74, 6) is 0.690. The van der Waals surface area contributed by atoms with Crippen LogP contribution in [0.5, 0.6) is 0 Å². The Labute approximate surface area is 165 Å². The molecule has 2 saturated heterocycles. The summed E-state index contributed by atoms with van der Waals surface area (Å²) in [6.07, 6.45) is -0.867. The molecule has 27 heavy (non-hydrogen) atoms. The molecule has 0 aliphatic carbocycles. The van der Waals surface area contributed by atoms with Gasteiger partial charge in [-0.2, -0.15) is 0 Å². The van der Waals surface area contributed by atoms with Gasteiger partial charge in [0.1, 0.15) is 11.9 Å². The van der Waals surface area contributed by atoms with Crippen LogP contribution in [-0.4, -0.2) is 78.2 Å². The number of carbonyl (C=O) groups excluding carboxylic acids is 1. The highest BCUT2D eigenvalue weighted by molar-refractivity contribution is 7.85. The van der Waals surface area contributed by atoms with Gasteiger partial charge in [0.05, 0.1) is 24.5 Å². The van der Waals surface area contributed by atoms with Crippen molar-refractivity contribution in [1.82, 2.24) is 10.2 Å². The minimum Gasteiger partial charge on any atom is -0.442 e. The van der Waals surface area contributed by atoms with Crippen LogP contribution < -0.4 is 15.1 Å². The summed E-state index contributed by atoms with van der Waals surface area (Å²) in [7, 11) is 2.84. The SMILES string of the molecule is CN(C)C(=S)NCC1CN(c2ccc(N3CCS(=O)CC3)c(F)c2)C(=O)O1. The van der Waals surface area contributed by atoms with Crippen molar-refractivity contribution < 1.29 is 18.1 Å². The van der Waals surface area contributed by atoms with Crippen LogP contribution in [0.2, 0.25) is 0 Å². The van der Waals surface area contributed by atoms with Crippen molar-refractivity contribution in [2.24, 2.45) is 0 Å². The first-order valence-corrected chi connectivity index (χ1v) is 10.6. The molecule has 148 valence electrons. The number of nitrogens with zero attached hydrogens (tertiary/aromatic N) is 3. The predicted molar refractivity (Wildman–Crippen MR) is 108 cm³/mol. The molecule has 2 fully saturated rings. The maximum atomic E-state index is 14.6. The normalized spacial score (nSPS) is 20.6. The molecule has 1 unspecified atom stereocenters. The first-order valence-electron chi connectivity index (χ1n) is 8.68. The fraction of sp³-hybridized carbons (Fsp3) is 0.529. The van der Waals surface area contributed by atoms with E-state index in [2.05, 4.69) is 5.32 Å². The molecule has 1 amide bonds. The third-order valence-corrected chi connectivity index (χ3v) is 6.31. The number of ether oxygens (including phenoxy) is 1. The number of rotatable bonds is 4. The van der Waals surface area contributed by atoms with Crippen LogP contribution >= 0.6 is 12.2 Å². The van der Waals surface area contributed by atoms with Crippen molar-refractivity contribution in [2.45, 2.75) is 6.10 Å². The van der Waals surface area contributed by atoms with Gasteiger partial charge in [0.25, 0.3) is 0 Å². The van der Waals surface area contributed by atoms with E-state index in [0.29, 0.717) is 54.2 Å². The first kappa shape index (κ1) is 19.8. The Morgan fingerprint density at radius 2 is 2.11 bits per heavy atom. The van der Waals surface area contributed by atoms with E-state index in [9.17, 15) is 13.4 Å². The second-order valence-corrected chi connectivity index (χ2v) is 8.75. The number of thiocarbonyl (C=S) groups is 1. The van der Waals surface area contributed by atoms with E-state index >= 15 is 0 Å². The lowest BCUT2D eigenvalue weighted by atomic mass is 10.2. The largest absolute Gasteiger partial charge is 0.442 e. The second kappa shape index (κ2) is 8.39. The fourth-order valence-electron chi connectivity index (χ4n) is 3.00. The molecule has 0 saturated carbocycles. The Hall–Kier alpha value is -1.94. The van der Waals surface area contributed by atoms with E-state index in [1.807, 2.05) is 19.0 Å². The zero-order valence-electron chi connectivity index (χ0n) is 15.3. The summed E-state index contributed by atoms with van der Waals surface area (Å²) in [6, 6.07) is 4.73. The Bertz CT molecular complexity index is 752. The van der Waals surface area contributed by atoms with Gasteiger partial charge in [-0.25, -0.2) is 9.18 Å². The van der Waals surface area contributed by atoms with Gasteiger partial charge < -0.3 is 19.9 Å². The minimum absolute atomic E-state index is 0.323. The molecule has 1 aromatic carbocycles. The van der Waals surface area contributed by atoms with Crippen LogP contribution in [0.15, 0.2) is 18.2 Å². The van der Waals surface area contributed by atoms with Gasteiger partial charge in [-0.1, -0.05) is 0 Å². The molecule has 2 aliphatic rings. The summed E-state index contributed by atoms with van der Waals surface area (Å²) >= 11 is 5.15. The summed E-state index contributed by atoms with van der Waals surface area (Å²) in [4.78, 5) is 17.2. The lowest BCUT2D eigenvalue weighted by Gasteiger charge is -2.29. The average Bonchev–Trinajstić information content (AvgIpc) is 3.01. The Balaban J connectivity index is 1.64. The minimum atomic E-state index is -0.817. The average molecular weight is 415 g/mol. The molecule has 0 aromatic heterocycles. The highest BCUT2D eigenvalue weighted by Crippen LogP contribution is 2.28. The third kappa shape index (κ3) is 4.67. The Morgan fingerprint density at radius 3 is 2.74 bits per heavy atom. The second-order valence-electron chi connectivity index (χ2n) is 6.67. The van der Waals surface area contributed by atoms with Crippen molar-refractivity contribution in [3.63, 3.8) is 0 Å². The van der Waals surface area contributed by atoms with E-state index in [0.717, 1.165) is 0 Å².